The van der Waals surface area contributed by atoms with Crippen molar-refractivity contribution >= 4 is 15.9 Å². The molecule has 0 bridgehead atoms. The van der Waals surface area contributed by atoms with E-state index in [1.165, 1.54) is 0 Å². The monoisotopic (exact) mass is 380 g/mol. The summed E-state index contributed by atoms with van der Waals surface area (Å²) in [6, 6.07) is 10.2. The summed E-state index contributed by atoms with van der Waals surface area (Å²) >= 11 is 3.51. The zero-order chi connectivity index (χ0) is 16.8. The second kappa shape index (κ2) is 5.99. The van der Waals surface area contributed by atoms with Crippen molar-refractivity contribution in [3.05, 3.63) is 40.5 Å². The molecule has 1 fully saturated rings. The van der Waals surface area contributed by atoms with Crippen LogP contribution in [0.4, 0.5) is 0 Å². The Bertz CT molecular complexity index is 704. The van der Waals surface area contributed by atoms with Gasteiger partial charge in [-0.2, -0.15) is 5.10 Å². The fourth-order valence-corrected chi connectivity index (χ4v) is 3.44. The first kappa shape index (κ1) is 16.6. The van der Waals surface area contributed by atoms with Gasteiger partial charge < -0.3 is 10.8 Å². The zero-order valence-electron chi connectivity index (χ0n) is 13.5. The van der Waals surface area contributed by atoms with Gasteiger partial charge in [0.1, 0.15) is 6.29 Å². The smallest absolute Gasteiger partial charge is 0.217 e. The molecule has 0 saturated carbocycles. The Morgan fingerprint density at radius 2 is 2.13 bits per heavy atom. The summed E-state index contributed by atoms with van der Waals surface area (Å²) in [7, 11) is 3.80. The lowest BCUT2D eigenvalue weighted by atomic mass is 9.90. The van der Waals surface area contributed by atoms with Crippen LogP contribution in [0.25, 0.3) is 11.3 Å². The lowest BCUT2D eigenvalue weighted by molar-refractivity contribution is -0.0816. The molecule has 3 atom stereocenters. The van der Waals surface area contributed by atoms with E-state index in [0.717, 1.165) is 21.4 Å². The van der Waals surface area contributed by atoms with Crippen molar-refractivity contribution in [3.63, 3.8) is 0 Å². The van der Waals surface area contributed by atoms with E-state index in [2.05, 4.69) is 51.5 Å². The Morgan fingerprint density at radius 3 is 2.78 bits per heavy atom. The maximum Gasteiger partial charge on any atom is 0.217 e. The van der Waals surface area contributed by atoms with E-state index in [0.29, 0.717) is 6.42 Å². The van der Waals surface area contributed by atoms with Crippen molar-refractivity contribution in [2.24, 2.45) is 12.8 Å². The molecule has 2 aromatic rings. The van der Waals surface area contributed by atoms with Gasteiger partial charge in [0.2, 0.25) is 6.23 Å². The average molecular weight is 381 g/mol. The van der Waals surface area contributed by atoms with Crippen molar-refractivity contribution in [3.8, 4) is 11.3 Å². The largest absolute Gasteiger partial charge is 0.431 e. The fraction of sp³-hybridized carbons (Fsp3) is 0.438. The molecule has 7 heteroatoms. The number of aromatic nitrogens is 2. The number of benzene rings is 1. The highest BCUT2D eigenvalue weighted by Crippen LogP contribution is 2.33. The summed E-state index contributed by atoms with van der Waals surface area (Å²) in [6.07, 6.45) is -0.0771. The van der Waals surface area contributed by atoms with Crippen LogP contribution < -0.4 is 11.1 Å². The highest BCUT2D eigenvalue weighted by Gasteiger charge is 2.43. The van der Waals surface area contributed by atoms with Gasteiger partial charge >= 0.3 is 0 Å². The molecule has 1 aliphatic rings. The summed E-state index contributed by atoms with van der Waals surface area (Å²) in [6.45, 7) is 2.06. The molecule has 3 rings (SSSR count). The standard InChI is InChI=1S/C16H22BrN5O/c1-16(9-14(23)21(2)15(18)19-16)13-8-12(22(3)20-13)10-5-4-6-11(17)7-10/h4-8,14-15,19,23H,9,18H2,1-3H3/p+1/t14?,15?,16-/m0/s1. The van der Waals surface area contributed by atoms with Crippen LogP contribution in [0.3, 0.4) is 0 Å². The number of halogens is 1. The predicted molar refractivity (Wildman–Crippen MR) is 94.6 cm³/mol. The van der Waals surface area contributed by atoms with Gasteiger partial charge in [-0.1, -0.05) is 28.1 Å². The number of hydrogen-bond acceptors (Lipinski definition) is 4. The molecular weight excluding hydrogens is 358 g/mol. The lowest BCUT2D eigenvalue weighted by Gasteiger charge is -2.42. The van der Waals surface area contributed by atoms with Crippen molar-refractivity contribution in [2.75, 3.05) is 7.05 Å². The molecule has 23 heavy (non-hydrogen) atoms. The highest BCUT2D eigenvalue weighted by atomic mass is 79.9. The SMILES string of the molecule is CN1C([OH2+])C[C@@](C)(c2cc(-c3cccc(Br)c3)n(C)n2)NC1N. The third-order valence-electron chi connectivity index (χ3n) is 4.56. The van der Waals surface area contributed by atoms with Gasteiger partial charge in [-0.15, -0.1) is 0 Å². The highest BCUT2D eigenvalue weighted by molar-refractivity contribution is 9.10. The fourth-order valence-electron chi connectivity index (χ4n) is 3.05. The van der Waals surface area contributed by atoms with E-state index in [1.54, 1.807) is 0 Å². The Morgan fingerprint density at radius 1 is 1.39 bits per heavy atom. The minimum atomic E-state index is -0.416. The second-order valence-electron chi connectivity index (χ2n) is 6.36. The summed E-state index contributed by atoms with van der Waals surface area (Å²) in [5.74, 6) is 0. The van der Waals surface area contributed by atoms with E-state index in [-0.39, 0.29) is 12.5 Å². The Kier molecular flexibility index (Phi) is 4.33. The minimum Gasteiger partial charge on any atom is -0.431 e. The van der Waals surface area contributed by atoms with Gasteiger partial charge in [0.15, 0.2) is 0 Å². The summed E-state index contributed by atoms with van der Waals surface area (Å²) < 4.78 is 2.92. The van der Waals surface area contributed by atoms with E-state index >= 15 is 0 Å². The summed E-state index contributed by atoms with van der Waals surface area (Å²) in [5.41, 5.74) is 8.75. The summed E-state index contributed by atoms with van der Waals surface area (Å²) in [4.78, 5) is 1.82. The molecule has 124 valence electrons. The molecule has 1 aromatic heterocycles. The van der Waals surface area contributed by atoms with E-state index < -0.39 is 5.54 Å². The third kappa shape index (κ3) is 3.07. The van der Waals surface area contributed by atoms with Crippen LogP contribution in [0.15, 0.2) is 34.8 Å². The normalized spacial score (nSPS) is 29.0. The molecule has 6 nitrogen and oxygen atoms in total. The van der Waals surface area contributed by atoms with E-state index in [4.69, 9.17) is 10.8 Å². The number of nitrogens with one attached hydrogen (secondary N) is 1. The first-order chi connectivity index (χ1) is 10.8. The number of hydrogen-bond donors (Lipinski definition) is 2. The molecule has 1 aromatic carbocycles. The first-order valence-corrected chi connectivity index (χ1v) is 8.36. The van der Waals surface area contributed by atoms with Crippen LogP contribution in [-0.4, -0.2) is 39.4 Å². The Hall–Kier alpha value is -1.25. The maximum atomic E-state index is 8.23. The van der Waals surface area contributed by atoms with Crippen LogP contribution in [0.1, 0.15) is 19.0 Å². The van der Waals surface area contributed by atoms with E-state index in [1.807, 2.05) is 35.8 Å². The van der Waals surface area contributed by atoms with Gasteiger partial charge in [-0.05, 0) is 32.2 Å². The van der Waals surface area contributed by atoms with Crippen molar-refractivity contribution in [1.29, 1.82) is 0 Å². The number of aryl methyl sites for hydroxylation is 1. The van der Waals surface area contributed by atoms with Crippen molar-refractivity contribution in [1.82, 2.24) is 20.0 Å². The van der Waals surface area contributed by atoms with Crippen molar-refractivity contribution < 1.29 is 5.11 Å². The molecule has 2 unspecified atom stereocenters. The Balaban J connectivity index is 1.97. The van der Waals surface area contributed by atoms with E-state index in [9.17, 15) is 0 Å². The number of rotatable bonds is 2. The van der Waals surface area contributed by atoms with Gasteiger partial charge in [0.05, 0.1) is 23.3 Å². The number of nitrogens with two attached hydrogens (primary N) is 1. The first-order valence-electron chi connectivity index (χ1n) is 7.57. The Labute approximate surface area is 144 Å². The van der Waals surface area contributed by atoms with Crippen LogP contribution in [0, 0.1) is 0 Å². The number of nitrogens with zero attached hydrogens (tertiary/aromatic N) is 3. The van der Waals surface area contributed by atoms with Crippen molar-refractivity contribution in [2.45, 2.75) is 31.4 Å². The molecule has 0 spiro atoms. The molecular formula is C16H23BrN5O+. The van der Waals surface area contributed by atoms with Gasteiger partial charge in [-0.3, -0.25) is 10.00 Å². The molecule has 0 aliphatic carbocycles. The second-order valence-corrected chi connectivity index (χ2v) is 7.27. The van der Waals surface area contributed by atoms with Gasteiger partial charge in [0.25, 0.3) is 0 Å². The van der Waals surface area contributed by atoms with Crippen LogP contribution in [0.2, 0.25) is 0 Å². The summed E-state index contributed by atoms with van der Waals surface area (Å²) in [5, 5.41) is 16.3. The molecule has 0 amide bonds. The van der Waals surface area contributed by atoms with Gasteiger partial charge in [-0.25, -0.2) is 4.90 Å². The molecule has 5 N–H and O–H groups in total. The predicted octanol–water partition coefficient (Wildman–Crippen LogP) is 1.28. The van der Waals surface area contributed by atoms with Crippen LogP contribution in [0.5, 0.6) is 0 Å². The molecule has 2 heterocycles. The quantitative estimate of drug-likeness (QED) is 0.768. The molecule has 1 saturated heterocycles. The van der Waals surface area contributed by atoms with Crippen LogP contribution in [-0.2, 0) is 12.6 Å². The third-order valence-corrected chi connectivity index (χ3v) is 5.06. The maximum absolute atomic E-state index is 8.23. The molecule has 1 aliphatic heterocycles. The lowest BCUT2D eigenvalue weighted by Crippen LogP contribution is -2.66. The topological polar surface area (TPSA) is 82.0 Å². The molecule has 0 radical (unpaired) electrons. The van der Waals surface area contributed by atoms with Crippen LogP contribution >= 0.6 is 15.9 Å². The van der Waals surface area contributed by atoms with Gasteiger partial charge in [0, 0.05) is 17.1 Å². The minimum absolute atomic E-state index is 0.354. The average Bonchev–Trinajstić information content (AvgIpc) is 2.87. The zero-order valence-corrected chi connectivity index (χ0v) is 15.1.